The second-order valence-corrected chi connectivity index (χ2v) is 7.02. The Kier molecular flexibility index (Phi) is 4.26. The summed E-state index contributed by atoms with van der Waals surface area (Å²) in [6, 6.07) is 0. The third-order valence-corrected chi connectivity index (χ3v) is 4.70. The van der Waals surface area contributed by atoms with Crippen molar-refractivity contribution in [3.63, 3.8) is 0 Å². The summed E-state index contributed by atoms with van der Waals surface area (Å²) in [6.07, 6.45) is 5.22. The van der Waals surface area contributed by atoms with E-state index in [1.165, 1.54) is 0 Å². The first-order valence-electron chi connectivity index (χ1n) is 8.18. The Labute approximate surface area is 131 Å². The summed E-state index contributed by atoms with van der Waals surface area (Å²) < 4.78 is 16.6. The summed E-state index contributed by atoms with van der Waals surface area (Å²) >= 11 is 0. The molecule has 0 saturated carbocycles. The average molecular weight is 308 g/mol. The van der Waals surface area contributed by atoms with Crippen LogP contribution >= 0.6 is 0 Å². The van der Waals surface area contributed by atoms with Crippen LogP contribution in [0.4, 0.5) is 0 Å². The van der Waals surface area contributed by atoms with Crippen LogP contribution in [0.2, 0.25) is 0 Å². The first-order chi connectivity index (χ1) is 10.5. The van der Waals surface area contributed by atoms with Crippen LogP contribution in [-0.4, -0.2) is 36.4 Å². The van der Waals surface area contributed by atoms with Gasteiger partial charge in [-0.2, -0.15) is 0 Å². The molecule has 0 aromatic carbocycles. The Morgan fingerprint density at radius 2 is 2.00 bits per heavy atom. The van der Waals surface area contributed by atoms with Crippen molar-refractivity contribution < 1.29 is 23.8 Å². The number of hydrogen-bond acceptors (Lipinski definition) is 5. The predicted octanol–water partition coefficient (Wildman–Crippen LogP) is 2.24. The third-order valence-electron chi connectivity index (χ3n) is 4.70. The van der Waals surface area contributed by atoms with Gasteiger partial charge in [0, 0.05) is 0 Å². The predicted molar refractivity (Wildman–Crippen MR) is 78.9 cm³/mol. The van der Waals surface area contributed by atoms with Gasteiger partial charge in [-0.15, -0.1) is 0 Å². The molecule has 2 bridgehead atoms. The molecule has 6 atom stereocenters. The normalized spacial score (nSPS) is 37.1. The maximum absolute atomic E-state index is 12.2. The van der Waals surface area contributed by atoms with Gasteiger partial charge in [-0.3, -0.25) is 9.59 Å². The van der Waals surface area contributed by atoms with Crippen LogP contribution in [0.3, 0.4) is 0 Å². The Balaban J connectivity index is 1.50. The van der Waals surface area contributed by atoms with Crippen LogP contribution in [0.1, 0.15) is 40.0 Å². The van der Waals surface area contributed by atoms with Crippen molar-refractivity contribution >= 4 is 11.9 Å². The summed E-state index contributed by atoms with van der Waals surface area (Å²) in [5.74, 6) is -0.179. The van der Waals surface area contributed by atoms with Gasteiger partial charge in [-0.05, 0) is 25.2 Å². The minimum Gasteiger partial charge on any atom is -0.455 e. The van der Waals surface area contributed by atoms with Gasteiger partial charge in [0.2, 0.25) is 0 Å². The zero-order valence-electron chi connectivity index (χ0n) is 13.4. The highest BCUT2D eigenvalue weighted by Crippen LogP contribution is 2.47. The lowest BCUT2D eigenvalue weighted by Gasteiger charge is -2.23. The molecule has 6 unspecified atom stereocenters. The van der Waals surface area contributed by atoms with Crippen LogP contribution in [0.15, 0.2) is 12.2 Å². The minimum absolute atomic E-state index is 0.152. The monoisotopic (exact) mass is 308 g/mol. The van der Waals surface area contributed by atoms with Crippen LogP contribution in [0.5, 0.6) is 0 Å². The van der Waals surface area contributed by atoms with Gasteiger partial charge >= 0.3 is 11.9 Å². The maximum Gasteiger partial charge on any atom is 0.312 e. The molecular formula is C17H24O5. The molecule has 3 saturated heterocycles. The van der Waals surface area contributed by atoms with Crippen LogP contribution in [-0.2, 0) is 23.8 Å². The molecular weight excluding hydrogens is 284 g/mol. The molecule has 3 aliphatic rings. The lowest BCUT2D eigenvalue weighted by atomic mass is 9.88. The molecule has 3 fully saturated rings. The second kappa shape index (κ2) is 6.03. The van der Waals surface area contributed by atoms with E-state index in [2.05, 4.69) is 19.9 Å². The van der Waals surface area contributed by atoms with Crippen molar-refractivity contribution in [2.24, 2.45) is 17.8 Å². The summed E-state index contributed by atoms with van der Waals surface area (Å²) in [6.45, 7) is 6.18. The van der Waals surface area contributed by atoms with Crippen molar-refractivity contribution in [1.82, 2.24) is 0 Å². The first-order valence-corrected chi connectivity index (χ1v) is 8.18. The summed E-state index contributed by atoms with van der Waals surface area (Å²) in [5.41, 5.74) is 0. The zero-order valence-corrected chi connectivity index (χ0v) is 13.4. The van der Waals surface area contributed by atoms with Crippen molar-refractivity contribution in [2.75, 3.05) is 0 Å². The third kappa shape index (κ3) is 2.78. The zero-order chi connectivity index (χ0) is 15.9. The van der Waals surface area contributed by atoms with E-state index >= 15 is 0 Å². The van der Waals surface area contributed by atoms with Gasteiger partial charge in [-0.25, -0.2) is 0 Å². The average Bonchev–Trinajstić information content (AvgIpc) is 3.07. The second-order valence-electron chi connectivity index (χ2n) is 7.02. The van der Waals surface area contributed by atoms with Crippen LogP contribution in [0, 0.1) is 17.8 Å². The molecule has 3 aliphatic heterocycles. The maximum atomic E-state index is 12.2. The largest absolute Gasteiger partial charge is 0.455 e. The fraction of sp³-hybridized carbons (Fsp3) is 0.765. The van der Waals surface area contributed by atoms with Gasteiger partial charge in [0.1, 0.15) is 6.10 Å². The Morgan fingerprint density at radius 1 is 1.27 bits per heavy atom. The van der Waals surface area contributed by atoms with E-state index in [0.29, 0.717) is 18.8 Å². The smallest absolute Gasteiger partial charge is 0.312 e. The molecule has 122 valence electrons. The number of esters is 2. The van der Waals surface area contributed by atoms with Crippen molar-refractivity contribution in [3.05, 3.63) is 12.2 Å². The van der Waals surface area contributed by atoms with E-state index in [1.54, 1.807) is 0 Å². The van der Waals surface area contributed by atoms with Crippen molar-refractivity contribution in [3.8, 4) is 0 Å². The SMILES string of the molecule is CC(C)C/C=C\CC(C)C(=O)OC1C2CC3C(=O)OC1C3O2. The van der Waals surface area contributed by atoms with E-state index in [0.717, 1.165) is 6.42 Å². The minimum atomic E-state index is -0.428. The van der Waals surface area contributed by atoms with E-state index < -0.39 is 12.2 Å². The van der Waals surface area contributed by atoms with Crippen molar-refractivity contribution in [1.29, 1.82) is 0 Å². The Hall–Kier alpha value is -1.36. The highest BCUT2D eigenvalue weighted by molar-refractivity contribution is 5.78. The van der Waals surface area contributed by atoms with Gasteiger partial charge in [0.15, 0.2) is 12.2 Å². The first kappa shape index (κ1) is 15.5. The molecule has 0 N–H and O–H groups in total. The highest BCUT2D eigenvalue weighted by Gasteiger charge is 2.65. The molecule has 0 spiro atoms. The molecule has 0 aromatic rings. The number of carbonyl (C=O) groups excluding carboxylic acids is 2. The number of hydrogen-bond donors (Lipinski definition) is 0. The summed E-state index contributed by atoms with van der Waals surface area (Å²) in [4.78, 5) is 23.8. The molecule has 5 heteroatoms. The van der Waals surface area contributed by atoms with Gasteiger partial charge in [0.05, 0.1) is 17.9 Å². The van der Waals surface area contributed by atoms with Crippen molar-refractivity contribution in [2.45, 2.75) is 64.4 Å². The molecule has 3 rings (SSSR count). The van der Waals surface area contributed by atoms with Crippen LogP contribution < -0.4 is 0 Å². The molecule has 0 aromatic heterocycles. The topological polar surface area (TPSA) is 61.8 Å². The van der Waals surface area contributed by atoms with Gasteiger partial charge < -0.3 is 14.2 Å². The number of rotatable bonds is 6. The highest BCUT2D eigenvalue weighted by atomic mass is 16.7. The van der Waals surface area contributed by atoms with E-state index in [1.807, 2.05) is 13.0 Å². The van der Waals surface area contributed by atoms with E-state index in [4.69, 9.17) is 14.2 Å². The molecule has 5 nitrogen and oxygen atoms in total. The molecule has 3 heterocycles. The quantitative estimate of drug-likeness (QED) is 0.556. The summed E-state index contributed by atoms with van der Waals surface area (Å²) in [7, 11) is 0. The van der Waals surface area contributed by atoms with E-state index in [9.17, 15) is 9.59 Å². The number of fused-ring (bicyclic) bond motifs is 1. The number of carbonyl (C=O) groups is 2. The fourth-order valence-corrected chi connectivity index (χ4v) is 3.40. The van der Waals surface area contributed by atoms with Crippen LogP contribution in [0.25, 0.3) is 0 Å². The number of allylic oxidation sites excluding steroid dienone is 2. The number of ether oxygens (including phenoxy) is 3. The lowest BCUT2D eigenvalue weighted by molar-refractivity contribution is -0.163. The van der Waals surface area contributed by atoms with E-state index in [-0.39, 0.29) is 36.0 Å². The fourth-order valence-electron chi connectivity index (χ4n) is 3.40. The lowest BCUT2D eigenvalue weighted by Crippen LogP contribution is -2.40. The summed E-state index contributed by atoms with van der Waals surface area (Å²) in [5, 5.41) is 0. The van der Waals surface area contributed by atoms with Gasteiger partial charge in [-0.1, -0.05) is 32.9 Å². The molecule has 22 heavy (non-hydrogen) atoms. The molecule has 0 aliphatic carbocycles. The standard InChI is InChI=1S/C17H24O5/c1-9(2)6-4-5-7-10(3)16(18)21-14-12-8-11-13(20-12)15(14)22-17(11)19/h4-5,9-15H,6-8H2,1-3H3/b5-4-. The molecule has 0 amide bonds. The Morgan fingerprint density at radius 3 is 2.73 bits per heavy atom. The Bertz CT molecular complexity index is 483. The van der Waals surface area contributed by atoms with Gasteiger partial charge in [0.25, 0.3) is 0 Å². The molecule has 0 radical (unpaired) electrons.